The van der Waals surface area contributed by atoms with Crippen LogP contribution in [0.3, 0.4) is 0 Å². The molecule has 0 atom stereocenters. The molecule has 316 valence electrons. The standard InChI is InChI=1S/C10H23N.C10H22O.C9H20O.C8H18O2.C8H18O/c1-9(2)7-6-8-11(5)10(3)4;1-9(2)7-5-6-8-11-10(3)4;1-8(2)6-5-7-10-9(3)4;1-7(2)5-9-6-10-8(3)4;1-7(2)5-6-9-8(3)4/h9-10H,6-8H2,1-5H3;9-10H,5-8H2,1-4H3;8-9H,5-7H2,1-4H3;7-8H,5-6H2,1-4H3;7-8H,5-6H2,1-4H3. The van der Waals surface area contributed by atoms with Crippen molar-refractivity contribution in [3.8, 4) is 0 Å². The van der Waals surface area contributed by atoms with Crippen molar-refractivity contribution in [2.24, 2.45) is 29.6 Å². The summed E-state index contributed by atoms with van der Waals surface area (Å²) in [4.78, 5) is 2.41. The Morgan fingerprint density at radius 3 is 1.12 bits per heavy atom. The lowest BCUT2D eigenvalue weighted by atomic mass is 10.1. The normalized spacial score (nSPS) is 11.5. The summed E-state index contributed by atoms with van der Waals surface area (Å²) in [6.45, 7) is 48.5. The van der Waals surface area contributed by atoms with Gasteiger partial charge in [-0.3, -0.25) is 0 Å². The number of ether oxygens (including phenoxy) is 5. The van der Waals surface area contributed by atoms with Crippen molar-refractivity contribution in [3.05, 3.63) is 0 Å². The number of hydrogen-bond acceptors (Lipinski definition) is 6. The quantitative estimate of drug-likeness (QED) is 0.0687. The third-order valence-corrected chi connectivity index (χ3v) is 7.26. The fraction of sp³-hybridized carbons (Fsp3) is 1.00. The van der Waals surface area contributed by atoms with Crippen molar-refractivity contribution in [1.29, 1.82) is 0 Å². The molecule has 0 amide bonds. The van der Waals surface area contributed by atoms with E-state index in [1.165, 1.54) is 57.9 Å². The van der Waals surface area contributed by atoms with Crippen LogP contribution >= 0.6 is 0 Å². The lowest BCUT2D eigenvalue weighted by molar-refractivity contribution is -0.0847. The van der Waals surface area contributed by atoms with Crippen LogP contribution in [0, 0.1) is 29.6 Å². The van der Waals surface area contributed by atoms with Crippen LogP contribution in [-0.4, -0.2) is 82.2 Å². The number of unbranched alkanes of at least 4 members (excludes halogenated alkanes) is 1. The summed E-state index contributed by atoms with van der Waals surface area (Å²) in [6, 6.07) is 0.696. The van der Waals surface area contributed by atoms with Gasteiger partial charge in [-0.25, -0.2) is 0 Å². The third kappa shape index (κ3) is 79.6. The molecule has 6 heteroatoms. The van der Waals surface area contributed by atoms with Gasteiger partial charge in [0.15, 0.2) is 0 Å². The van der Waals surface area contributed by atoms with Crippen molar-refractivity contribution >= 4 is 0 Å². The summed E-state index contributed by atoms with van der Waals surface area (Å²) in [5.41, 5.74) is 0. The molecule has 0 aliphatic rings. The van der Waals surface area contributed by atoms with Gasteiger partial charge in [0.05, 0.1) is 31.0 Å². The lowest BCUT2D eigenvalue weighted by Gasteiger charge is -2.21. The summed E-state index contributed by atoms with van der Waals surface area (Å²) in [6.07, 6.45) is 11.7. The van der Waals surface area contributed by atoms with Crippen molar-refractivity contribution in [2.75, 3.05) is 46.8 Å². The maximum atomic E-state index is 5.42. The number of nitrogens with zero attached hydrogens (tertiary/aromatic N) is 1. The first-order valence-electron chi connectivity index (χ1n) is 21.3. The van der Waals surface area contributed by atoms with E-state index in [0.29, 0.717) is 37.1 Å². The van der Waals surface area contributed by atoms with Gasteiger partial charge in [-0.1, -0.05) is 82.1 Å². The number of hydrogen-bond donors (Lipinski definition) is 0. The van der Waals surface area contributed by atoms with Crippen LogP contribution in [-0.2, 0) is 23.7 Å². The molecule has 0 fully saturated rings. The molecular formula is C45H101NO5. The van der Waals surface area contributed by atoms with E-state index in [1.54, 1.807) is 0 Å². The van der Waals surface area contributed by atoms with Gasteiger partial charge in [-0.15, -0.1) is 0 Å². The molecule has 0 bridgehead atoms. The summed E-state index contributed by atoms with van der Waals surface area (Å²) in [7, 11) is 2.20. The Hall–Kier alpha value is -0.240. The lowest BCUT2D eigenvalue weighted by Crippen LogP contribution is -2.27. The van der Waals surface area contributed by atoms with E-state index >= 15 is 0 Å². The van der Waals surface area contributed by atoms with Crippen LogP contribution in [0.4, 0.5) is 0 Å². The Bertz CT molecular complexity index is 545. The molecule has 0 aliphatic carbocycles. The highest BCUT2D eigenvalue weighted by Crippen LogP contribution is 2.07. The van der Waals surface area contributed by atoms with Crippen molar-refractivity contribution < 1.29 is 23.7 Å². The summed E-state index contributed by atoms with van der Waals surface area (Å²) in [5.74, 6) is 3.87. The van der Waals surface area contributed by atoms with Crippen LogP contribution in [0.5, 0.6) is 0 Å². The molecule has 0 heterocycles. The van der Waals surface area contributed by atoms with Gasteiger partial charge in [0.2, 0.25) is 0 Å². The van der Waals surface area contributed by atoms with Gasteiger partial charge in [0.1, 0.15) is 6.79 Å². The Kier molecular flexibility index (Phi) is 52.0. The molecule has 51 heavy (non-hydrogen) atoms. The van der Waals surface area contributed by atoms with Crippen molar-refractivity contribution in [3.63, 3.8) is 0 Å². The molecule has 0 aromatic rings. The van der Waals surface area contributed by atoms with E-state index in [2.05, 4.69) is 137 Å². The second-order valence-electron chi connectivity index (χ2n) is 17.6. The van der Waals surface area contributed by atoms with Crippen LogP contribution in [0.2, 0.25) is 0 Å². The molecule has 0 aromatic carbocycles. The second kappa shape index (κ2) is 44.2. The van der Waals surface area contributed by atoms with Crippen LogP contribution in [0.25, 0.3) is 0 Å². The fourth-order valence-corrected chi connectivity index (χ4v) is 3.80. The van der Waals surface area contributed by atoms with Gasteiger partial charge >= 0.3 is 0 Å². The minimum Gasteiger partial charge on any atom is -0.379 e. The molecule has 6 nitrogen and oxygen atoms in total. The molecule has 0 aromatic heterocycles. The molecule has 0 unspecified atom stereocenters. The van der Waals surface area contributed by atoms with Crippen LogP contribution in [0.1, 0.15) is 190 Å². The Balaban J connectivity index is -0.000000173. The van der Waals surface area contributed by atoms with E-state index in [9.17, 15) is 0 Å². The molecule has 0 rings (SSSR count). The van der Waals surface area contributed by atoms with Crippen LogP contribution < -0.4 is 0 Å². The monoisotopic (exact) mass is 736 g/mol. The maximum absolute atomic E-state index is 5.42. The largest absolute Gasteiger partial charge is 0.379 e. The first kappa shape index (κ1) is 60.0. The predicted molar refractivity (Wildman–Crippen MR) is 229 cm³/mol. The molecule has 0 aliphatic heterocycles. The second-order valence-corrected chi connectivity index (χ2v) is 17.6. The topological polar surface area (TPSA) is 49.4 Å². The minimum absolute atomic E-state index is 0.271. The Labute approximate surface area is 324 Å². The highest BCUT2D eigenvalue weighted by Gasteiger charge is 2.02. The van der Waals surface area contributed by atoms with Crippen molar-refractivity contribution in [2.45, 2.75) is 220 Å². The average Bonchev–Trinajstić information content (AvgIpc) is 2.97. The fourth-order valence-electron chi connectivity index (χ4n) is 3.80. The minimum atomic E-state index is 0.271. The SMILES string of the molecule is CC(C)CCCCOC(C)C.CC(C)CCCN(C)C(C)C.CC(C)CCCOC(C)C.CC(C)CCOC(C)C.CC(C)COCOC(C)C. The molecule has 0 saturated carbocycles. The molecule has 0 spiro atoms. The van der Waals surface area contributed by atoms with E-state index < -0.39 is 0 Å². The average molecular weight is 736 g/mol. The molecule has 0 N–H and O–H groups in total. The summed E-state index contributed by atoms with van der Waals surface area (Å²) >= 11 is 0. The van der Waals surface area contributed by atoms with Gasteiger partial charge < -0.3 is 28.6 Å². The molecular weight excluding hydrogens is 634 g/mol. The summed E-state index contributed by atoms with van der Waals surface area (Å²) in [5, 5.41) is 0. The van der Waals surface area contributed by atoms with Gasteiger partial charge in [0.25, 0.3) is 0 Å². The molecule has 0 radical (unpaired) electrons. The maximum Gasteiger partial charge on any atom is 0.147 e. The van der Waals surface area contributed by atoms with E-state index in [-0.39, 0.29) is 6.10 Å². The van der Waals surface area contributed by atoms with Gasteiger partial charge in [-0.2, -0.15) is 0 Å². The van der Waals surface area contributed by atoms with E-state index in [4.69, 9.17) is 23.7 Å². The smallest absolute Gasteiger partial charge is 0.147 e. The first-order chi connectivity index (χ1) is 23.5. The van der Waals surface area contributed by atoms with E-state index in [0.717, 1.165) is 50.1 Å². The summed E-state index contributed by atoms with van der Waals surface area (Å²) < 4.78 is 26.5. The third-order valence-electron chi connectivity index (χ3n) is 7.26. The first-order valence-corrected chi connectivity index (χ1v) is 21.3. The highest BCUT2D eigenvalue weighted by molar-refractivity contribution is 4.57. The zero-order chi connectivity index (χ0) is 40.8. The van der Waals surface area contributed by atoms with Gasteiger partial charge in [-0.05, 0) is 151 Å². The highest BCUT2D eigenvalue weighted by atomic mass is 16.7. The predicted octanol–water partition coefficient (Wildman–Crippen LogP) is 13.3. The Morgan fingerprint density at radius 2 is 0.745 bits per heavy atom. The number of rotatable bonds is 25. The van der Waals surface area contributed by atoms with E-state index in [1.807, 2.05) is 13.8 Å². The van der Waals surface area contributed by atoms with Crippen LogP contribution in [0.15, 0.2) is 0 Å². The van der Waals surface area contributed by atoms with Gasteiger partial charge in [0, 0.05) is 25.9 Å². The molecule has 0 saturated heterocycles. The zero-order valence-corrected chi connectivity index (χ0v) is 39.2. The zero-order valence-electron chi connectivity index (χ0n) is 39.2. The van der Waals surface area contributed by atoms with Crippen molar-refractivity contribution in [1.82, 2.24) is 4.90 Å². The Morgan fingerprint density at radius 1 is 0.373 bits per heavy atom.